The molecule has 2 heteroatoms. The second-order valence-corrected chi connectivity index (χ2v) is 4.10. The van der Waals surface area contributed by atoms with Gasteiger partial charge in [-0.1, -0.05) is 6.08 Å². The van der Waals surface area contributed by atoms with Crippen molar-refractivity contribution in [3.05, 3.63) is 12.7 Å². The Bertz CT molecular complexity index is 156. The predicted molar refractivity (Wildman–Crippen MR) is 57.7 cm³/mol. The first-order valence-corrected chi connectivity index (χ1v) is 5.34. The van der Waals surface area contributed by atoms with E-state index >= 15 is 0 Å². The van der Waals surface area contributed by atoms with E-state index in [-0.39, 0.29) is 0 Å². The zero-order valence-electron chi connectivity index (χ0n) is 8.71. The minimum atomic E-state index is 0.436. The van der Waals surface area contributed by atoms with E-state index in [1.54, 1.807) is 0 Å². The smallest absolute Gasteiger partial charge is 0.00816 e. The van der Waals surface area contributed by atoms with Crippen LogP contribution in [0.4, 0.5) is 0 Å². The summed E-state index contributed by atoms with van der Waals surface area (Å²) in [5.41, 5.74) is 5.90. The van der Waals surface area contributed by atoms with Crippen LogP contribution in [0.3, 0.4) is 0 Å². The van der Waals surface area contributed by atoms with Gasteiger partial charge in [0.25, 0.3) is 0 Å². The maximum absolute atomic E-state index is 5.90. The van der Waals surface area contributed by atoms with Crippen LogP contribution in [0.1, 0.15) is 32.6 Å². The van der Waals surface area contributed by atoms with Gasteiger partial charge in [-0.05, 0) is 45.7 Å². The molecule has 1 aliphatic heterocycles. The molecule has 76 valence electrons. The predicted octanol–water partition coefficient (Wildman–Crippen LogP) is 1.76. The maximum Gasteiger partial charge on any atom is 0.00816 e. The Hall–Kier alpha value is -0.340. The number of allylic oxidation sites excluding steroid dienone is 1. The number of piperidine rings is 1. The molecule has 0 bridgehead atoms. The van der Waals surface area contributed by atoms with E-state index < -0.39 is 0 Å². The fraction of sp³-hybridized carbons (Fsp3) is 0.818. The van der Waals surface area contributed by atoms with Gasteiger partial charge in [0.15, 0.2) is 0 Å². The molecule has 2 unspecified atom stereocenters. The Labute approximate surface area is 81.8 Å². The van der Waals surface area contributed by atoms with Gasteiger partial charge in [-0.15, -0.1) is 6.58 Å². The number of nitrogens with zero attached hydrogens (tertiary/aromatic N) is 1. The molecule has 0 spiro atoms. The van der Waals surface area contributed by atoms with Crippen LogP contribution < -0.4 is 5.73 Å². The van der Waals surface area contributed by atoms with Gasteiger partial charge in [0.2, 0.25) is 0 Å². The van der Waals surface area contributed by atoms with Crippen LogP contribution in [0, 0.1) is 0 Å². The molecule has 1 saturated heterocycles. The number of hydrogen-bond donors (Lipinski definition) is 1. The average Bonchev–Trinajstić information content (AvgIpc) is 2.09. The van der Waals surface area contributed by atoms with Crippen molar-refractivity contribution in [2.75, 3.05) is 13.1 Å². The molecule has 1 rings (SSSR count). The summed E-state index contributed by atoms with van der Waals surface area (Å²) in [6.45, 7) is 8.41. The Kier molecular flexibility index (Phi) is 4.46. The summed E-state index contributed by atoms with van der Waals surface area (Å²) in [4.78, 5) is 2.55. The first-order chi connectivity index (χ1) is 6.24. The van der Waals surface area contributed by atoms with Crippen LogP contribution in [0.15, 0.2) is 12.7 Å². The van der Waals surface area contributed by atoms with Crippen LogP contribution in [-0.4, -0.2) is 30.1 Å². The molecular weight excluding hydrogens is 160 g/mol. The Morgan fingerprint density at radius 2 is 2.38 bits per heavy atom. The molecule has 1 heterocycles. The zero-order chi connectivity index (χ0) is 9.68. The van der Waals surface area contributed by atoms with E-state index in [4.69, 9.17) is 5.73 Å². The lowest BCUT2D eigenvalue weighted by Gasteiger charge is -2.36. The van der Waals surface area contributed by atoms with Crippen molar-refractivity contribution in [1.82, 2.24) is 4.90 Å². The summed E-state index contributed by atoms with van der Waals surface area (Å²) in [5.74, 6) is 0. The lowest BCUT2D eigenvalue weighted by atomic mass is 9.99. The highest BCUT2D eigenvalue weighted by Crippen LogP contribution is 2.16. The van der Waals surface area contributed by atoms with Crippen LogP contribution in [-0.2, 0) is 0 Å². The fourth-order valence-corrected chi connectivity index (χ4v) is 2.03. The highest BCUT2D eigenvalue weighted by molar-refractivity contribution is 4.81. The van der Waals surface area contributed by atoms with Gasteiger partial charge < -0.3 is 10.6 Å². The standard InChI is InChI=1S/C11H22N2/c1-3-4-5-7-13-8-6-11(12)9-10(13)2/h3,10-11H,1,4-9,12H2,2H3. The van der Waals surface area contributed by atoms with E-state index in [1.807, 2.05) is 6.08 Å². The lowest BCUT2D eigenvalue weighted by molar-refractivity contribution is 0.146. The lowest BCUT2D eigenvalue weighted by Crippen LogP contribution is -2.45. The van der Waals surface area contributed by atoms with E-state index in [0.29, 0.717) is 12.1 Å². The van der Waals surface area contributed by atoms with Crippen LogP contribution >= 0.6 is 0 Å². The van der Waals surface area contributed by atoms with Gasteiger partial charge in [-0.3, -0.25) is 0 Å². The molecule has 2 atom stereocenters. The number of rotatable bonds is 4. The van der Waals surface area contributed by atoms with Crippen molar-refractivity contribution in [2.24, 2.45) is 5.73 Å². The van der Waals surface area contributed by atoms with Gasteiger partial charge in [0, 0.05) is 12.1 Å². The van der Waals surface area contributed by atoms with Crippen molar-refractivity contribution in [2.45, 2.75) is 44.7 Å². The number of nitrogens with two attached hydrogens (primary N) is 1. The van der Waals surface area contributed by atoms with Gasteiger partial charge >= 0.3 is 0 Å². The van der Waals surface area contributed by atoms with Crippen molar-refractivity contribution in [3.63, 3.8) is 0 Å². The minimum absolute atomic E-state index is 0.436. The maximum atomic E-state index is 5.90. The third kappa shape index (κ3) is 3.49. The molecule has 0 aliphatic carbocycles. The minimum Gasteiger partial charge on any atom is -0.328 e. The second-order valence-electron chi connectivity index (χ2n) is 4.10. The monoisotopic (exact) mass is 182 g/mol. The normalized spacial score (nSPS) is 30.3. The molecule has 2 nitrogen and oxygen atoms in total. The molecule has 0 radical (unpaired) electrons. The number of hydrogen-bond acceptors (Lipinski definition) is 2. The van der Waals surface area contributed by atoms with E-state index in [9.17, 15) is 0 Å². The van der Waals surface area contributed by atoms with Crippen LogP contribution in [0.2, 0.25) is 0 Å². The second kappa shape index (κ2) is 5.40. The summed E-state index contributed by atoms with van der Waals surface area (Å²) >= 11 is 0. The van der Waals surface area contributed by atoms with Gasteiger partial charge in [0.05, 0.1) is 0 Å². The summed E-state index contributed by atoms with van der Waals surface area (Å²) in [5, 5.41) is 0. The van der Waals surface area contributed by atoms with Crippen molar-refractivity contribution in [3.8, 4) is 0 Å². The Balaban J connectivity index is 2.21. The fourth-order valence-electron chi connectivity index (χ4n) is 2.03. The van der Waals surface area contributed by atoms with Crippen LogP contribution in [0.25, 0.3) is 0 Å². The summed E-state index contributed by atoms with van der Waals surface area (Å²) in [6.07, 6.45) is 6.70. The molecule has 0 aromatic carbocycles. The highest BCUT2D eigenvalue weighted by Gasteiger charge is 2.21. The average molecular weight is 182 g/mol. The summed E-state index contributed by atoms with van der Waals surface area (Å²) < 4.78 is 0. The molecular formula is C11H22N2. The van der Waals surface area contributed by atoms with Crippen molar-refractivity contribution >= 4 is 0 Å². The number of likely N-dealkylation sites (tertiary alicyclic amines) is 1. The zero-order valence-corrected chi connectivity index (χ0v) is 8.71. The first kappa shape index (κ1) is 10.7. The molecule has 0 aromatic heterocycles. The first-order valence-electron chi connectivity index (χ1n) is 5.34. The number of unbranched alkanes of at least 4 members (excludes halogenated alkanes) is 1. The van der Waals surface area contributed by atoms with Crippen molar-refractivity contribution < 1.29 is 0 Å². The van der Waals surface area contributed by atoms with E-state index in [0.717, 1.165) is 12.8 Å². The molecule has 1 aliphatic rings. The molecule has 0 saturated carbocycles. The molecule has 2 N–H and O–H groups in total. The molecule has 13 heavy (non-hydrogen) atoms. The topological polar surface area (TPSA) is 29.3 Å². The van der Waals surface area contributed by atoms with Crippen molar-refractivity contribution in [1.29, 1.82) is 0 Å². The third-order valence-electron chi connectivity index (χ3n) is 2.91. The Morgan fingerprint density at radius 1 is 1.62 bits per heavy atom. The largest absolute Gasteiger partial charge is 0.328 e. The SMILES string of the molecule is C=CCCCN1CCC(N)CC1C. The van der Waals surface area contributed by atoms with Gasteiger partial charge in [-0.25, -0.2) is 0 Å². The quantitative estimate of drug-likeness (QED) is 0.530. The molecule has 1 fully saturated rings. The van der Waals surface area contributed by atoms with E-state index in [2.05, 4.69) is 18.4 Å². The van der Waals surface area contributed by atoms with E-state index in [1.165, 1.54) is 25.9 Å². The summed E-state index contributed by atoms with van der Waals surface area (Å²) in [7, 11) is 0. The molecule has 0 amide bonds. The van der Waals surface area contributed by atoms with Gasteiger partial charge in [-0.2, -0.15) is 0 Å². The highest BCUT2D eigenvalue weighted by atomic mass is 15.2. The Morgan fingerprint density at radius 3 is 3.00 bits per heavy atom. The molecule has 0 aromatic rings. The van der Waals surface area contributed by atoms with Crippen LogP contribution in [0.5, 0.6) is 0 Å². The third-order valence-corrected chi connectivity index (χ3v) is 2.91. The van der Waals surface area contributed by atoms with Gasteiger partial charge in [0.1, 0.15) is 0 Å². The summed E-state index contributed by atoms with van der Waals surface area (Å²) in [6, 6.07) is 1.11.